The van der Waals surface area contributed by atoms with Gasteiger partial charge in [-0.1, -0.05) is 37.3 Å². The average Bonchev–Trinajstić information content (AvgIpc) is 2.74. The quantitative estimate of drug-likeness (QED) is 0.855. The number of rotatable bonds is 6. The van der Waals surface area contributed by atoms with Gasteiger partial charge in [0.05, 0.1) is 5.92 Å². The largest absolute Gasteiger partial charge is 0.355 e. The number of nitrogens with one attached hydrogen (secondary N) is 1. The fraction of sp³-hybridized carbons (Fsp3) is 0.409. The highest BCUT2D eigenvalue weighted by atomic mass is 16.2. The molecule has 1 unspecified atom stereocenters. The Morgan fingerprint density at radius 1 is 1.11 bits per heavy atom. The van der Waals surface area contributed by atoms with Gasteiger partial charge in [-0.25, -0.2) is 0 Å². The molecule has 1 N–H and O–H groups in total. The predicted molar refractivity (Wildman–Crippen MR) is 105 cm³/mol. The van der Waals surface area contributed by atoms with Crippen LogP contribution in [0.2, 0.25) is 0 Å². The molecule has 27 heavy (non-hydrogen) atoms. The number of carbonyl (C=O) groups excluding carboxylic acids is 2. The zero-order valence-corrected chi connectivity index (χ0v) is 15.8. The monoisotopic (exact) mass is 365 g/mol. The molecule has 1 fully saturated rings. The second kappa shape index (κ2) is 9.31. The van der Waals surface area contributed by atoms with Crippen LogP contribution in [0.25, 0.3) is 0 Å². The van der Waals surface area contributed by atoms with Crippen molar-refractivity contribution in [1.29, 1.82) is 0 Å². The van der Waals surface area contributed by atoms with Gasteiger partial charge in [-0.05, 0) is 42.9 Å². The smallest absolute Gasteiger partial charge is 0.253 e. The summed E-state index contributed by atoms with van der Waals surface area (Å²) >= 11 is 0. The van der Waals surface area contributed by atoms with E-state index in [2.05, 4.69) is 10.3 Å². The lowest BCUT2D eigenvalue weighted by molar-refractivity contribution is -0.122. The number of piperidine rings is 1. The lowest BCUT2D eigenvalue weighted by Gasteiger charge is -2.32. The molecule has 5 nitrogen and oxygen atoms in total. The first-order chi connectivity index (χ1) is 13.2. The summed E-state index contributed by atoms with van der Waals surface area (Å²) in [5.74, 6) is 0.484. The molecular formula is C22H27N3O2. The SMILES string of the molecule is CCC(C(=O)NCC1CCN(C(=O)c2ccncc2)CC1)c1ccccc1. The Morgan fingerprint density at radius 2 is 1.78 bits per heavy atom. The van der Waals surface area contributed by atoms with E-state index in [1.54, 1.807) is 24.5 Å². The Balaban J connectivity index is 1.46. The van der Waals surface area contributed by atoms with Crippen LogP contribution in [0.3, 0.4) is 0 Å². The van der Waals surface area contributed by atoms with Crippen molar-refractivity contribution in [3.63, 3.8) is 0 Å². The fourth-order valence-corrected chi connectivity index (χ4v) is 3.64. The molecule has 1 aromatic heterocycles. The number of nitrogens with zero attached hydrogens (tertiary/aromatic N) is 2. The molecule has 1 saturated heterocycles. The van der Waals surface area contributed by atoms with Crippen molar-refractivity contribution in [1.82, 2.24) is 15.2 Å². The lowest BCUT2D eigenvalue weighted by atomic mass is 9.93. The Hall–Kier alpha value is -2.69. The van der Waals surface area contributed by atoms with Crippen LogP contribution >= 0.6 is 0 Å². The molecule has 1 atom stereocenters. The summed E-state index contributed by atoms with van der Waals surface area (Å²) in [5, 5.41) is 3.13. The number of likely N-dealkylation sites (tertiary alicyclic amines) is 1. The standard InChI is InChI=1S/C22H27N3O2/c1-2-20(18-6-4-3-5-7-18)21(26)24-16-17-10-14-25(15-11-17)22(27)19-8-12-23-13-9-19/h3-9,12-13,17,20H,2,10-11,14-16H2,1H3,(H,24,26). The van der Waals surface area contributed by atoms with Crippen molar-refractivity contribution < 1.29 is 9.59 Å². The zero-order valence-electron chi connectivity index (χ0n) is 15.8. The Morgan fingerprint density at radius 3 is 2.41 bits per heavy atom. The van der Waals surface area contributed by atoms with Gasteiger partial charge in [0.15, 0.2) is 0 Å². The van der Waals surface area contributed by atoms with E-state index in [0.717, 1.165) is 37.9 Å². The summed E-state index contributed by atoms with van der Waals surface area (Å²) in [5.41, 5.74) is 1.75. The number of pyridine rings is 1. The van der Waals surface area contributed by atoms with Gasteiger partial charge in [0.2, 0.25) is 5.91 Å². The summed E-state index contributed by atoms with van der Waals surface area (Å²) in [6.07, 6.45) is 5.91. The van der Waals surface area contributed by atoms with E-state index >= 15 is 0 Å². The highest BCUT2D eigenvalue weighted by Gasteiger charge is 2.25. The number of benzene rings is 1. The Kier molecular flexibility index (Phi) is 6.58. The minimum absolute atomic E-state index is 0.0648. The van der Waals surface area contributed by atoms with Gasteiger partial charge in [0, 0.05) is 37.6 Å². The van der Waals surface area contributed by atoms with Gasteiger partial charge < -0.3 is 10.2 Å². The predicted octanol–water partition coefficient (Wildman–Crippen LogP) is 3.24. The van der Waals surface area contributed by atoms with E-state index in [9.17, 15) is 9.59 Å². The molecule has 2 aromatic rings. The van der Waals surface area contributed by atoms with Crippen molar-refractivity contribution >= 4 is 11.8 Å². The van der Waals surface area contributed by atoms with Crippen LogP contribution in [0, 0.1) is 5.92 Å². The van der Waals surface area contributed by atoms with E-state index in [-0.39, 0.29) is 17.7 Å². The molecule has 0 radical (unpaired) electrons. The normalized spacial score (nSPS) is 16.0. The van der Waals surface area contributed by atoms with Crippen molar-refractivity contribution in [3.8, 4) is 0 Å². The molecule has 2 heterocycles. The molecule has 142 valence electrons. The number of hydrogen-bond acceptors (Lipinski definition) is 3. The Bertz CT molecular complexity index is 741. The number of amides is 2. The van der Waals surface area contributed by atoms with E-state index in [4.69, 9.17) is 0 Å². The molecule has 5 heteroatoms. The van der Waals surface area contributed by atoms with Crippen molar-refractivity contribution in [2.45, 2.75) is 32.1 Å². The third kappa shape index (κ3) is 4.94. The molecule has 3 rings (SSSR count). The van der Waals surface area contributed by atoms with E-state index in [1.807, 2.05) is 42.2 Å². The molecule has 0 bridgehead atoms. The second-order valence-electron chi connectivity index (χ2n) is 7.09. The van der Waals surface area contributed by atoms with Gasteiger partial charge in [-0.15, -0.1) is 0 Å². The maximum absolute atomic E-state index is 12.6. The number of aromatic nitrogens is 1. The first kappa shape index (κ1) is 19.1. The number of carbonyl (C=O) groups is 2. The minimum Gasteiger partial charge on any atom is -0.355 e. The first-order valence-corrected chi connectivity index (χ1v) is 9.71. The zero-order chi connectivity index (χ0) is 19.1. The summed E-state index contributed by atoms with van der Waals surface area (Å²) in [7, 11) is 0. The van der Waals surface area contributed by atoms with E-state index in [0.29, 0.717) is 18.0 Å². The van der Waals surface area contributed by atoms with Gasteiger partial charge in [-0.2, -0.15) is 0 Å². The molecule has 2 amide bonds. The van der Waals surface area contributed by atoms with Crippen LogP contribution < -0.4 is 5.32 Å². The second-order valence-corrected chi connectivity index (χ2v) is 7.09. The first-order valence-electron chi connectivity index (χ1n) is 9.71. The van der Waals surface area contributed by atoms with Crippen LogP contribution in [0.5, 0.6) is 0 Å². The van der Waals surface area contributed by atoms with Crippen molar-refractivity contribution in [2.75, 3.05) is 19.6 Å². The lowest BCUT2D eigenvalue weighted by Crippen LogP contribution is -2.42. The highest BCUT2D eigenvalue weighted by Crippen LogP contribution is 2.21. The minimum atomic E-state index is -0.0976. The Labute approximate surface area is 160 Å². The van der Waals surface area contributed by atoms with Crippen LogP contribution in [0.15, 0.2) is 54.9 Å². The van der Waals surface area contributed by atoms with Crippen LogP contribution in [-0.2, 0) is 4.79 Å². The van der Waals surface area contributed by atoms with Crippen LogP contribution in [0.4, 0.5) is 0 Å². The van der Waals surface area contributed by atoms with Gasteiger partial charge in [-0.3, -0.25) is 14.6 Å². The summed E-state index contributed by atoms with van der Waals surface area (Å²) < 4.78 is 0. The summed E-state index contributed by atoms with van der Waals surface area (Å²) in [4.78, 5) is 30.9. The molecular weight excluding hydrogens is 338 g/mol. The maximum Gasteiger partial charge on any atom is 0.253 e. The summed E-state index contributed by atoms with van der Waals surface area (Å²) in [6, 6.07) is 13.4. The molecule has 0 aliphatic carbocycles. The third-order valence-electron chi connectivity index (χ3n) is 5.32. The molecule has 1 aliphatic heterocycles. The highest BCUT2D eigenvalue weighted by molar-refractivity contribution is 5.94. The molecule has 1 aliphatic rings. The number of hydrogen-bond donors (Lipinski definition) is 1. The topological polar surface area (TPSA) is 62.3 Å². The van der Waals surface area contributed by atoms with Crippen molar-refractivity contribution in [2.24, 2.45) is 5.92 Å². The molecule has 1 aromatic carbocycles. The van der Waals surface area contributed by atoms with Crippen LogP contribution in [-0.4, -0.2) is 41.3 Å². The maximum atomic E-state index is 12.6. The molecule has 0 saturated carbocycles. The molecule has 0 spiro atoms. The fourth-order valence-electron chi connectivity index (χ4n) is 3.64. The van der Waals surface area contributed by atoms with Crippen LogP contribution in [0.1, 0.15) is 48.0 Å². The van der Waals surface area contributed by atoms with Crippen molar-refractivity contribution in [3.05, 3.63) is 66.0 Å². The van der Waals surface area contributed by atoms with Gasteiger partial charge in [0.25, 0.3) is 5.91 Å². The summed E-state index contributed by atoms with van der Waals surface area (Å²) in [6.45, 7) is 4.19. The van der Waals surface area contributed by atoms with Gasteiger partial charge >= 0.3 is 0 Å². The van der Waals surface area contributed by atoms with Gasteiger partial charge in [0.1, 0.15) is 0 Å². The third-order valence-corrected chi connectivity index (χ3v) is 5.32. The van der Waals surface area contributed by atoms with E-state index in [1.165, 1.54) is 0 Å². The average molecular weight is 365 g/mol. The van der Waals surface area contributed by atoms with E-state index < -0.39 is 0 Å².